The molecule has 0 fully saturated rings. The number of carbonyl (C=O) groups excluding carboxylic acids is 2. The maximum Gasteiger partial charge on any atom is 0.514 e. The number of benzene rings is 2. The predicted molar refractivity (Wildman–Crippen MR) is 104 cm³/mol. The van der Waals surface area contributed by atoms with Crippen LogP contribution in [0.4, 0.5) is 10.5 Å². The first kappa shape index (κ1) is 18.4. The number of carbonyl (C=O) groups is 2. The summed E-state index contributed by atoms with van der Waals surface area (Å²) >= 11 is 0. The van der Waals surface area contributed by atoms with Gasteiger partial charge in [0, 0.05) is 5.56 Å². The molecular weight excluding hydrogens is 374 g/mol. The van der Waals surface area contributed by atoms with Gasteiger partial charge in [-0.3, -0.25) is 19.1 Å². The molecular formula is C21H17N3O5. The Morgan fingerprint density at radius 2 is 1.72 bits per heavy atom. The third-order valence-corrected chi connectivity index (χ3v) is 4.44. The fourth-order valence-electron chi connectivity index (χ4n) is 3.17. The summed E-state index contributed by atoms with van der Waals surface area (Å²) in [5.74, 6) is -0.0931. The van der Waals surface area contributed by atoms with Crippen molar-refractivity contribution in [2.24, 2.45) is 0 Å². The Hall–Kier alpha value is -3.94. The van der Waals surface area contributed by atoms with E-state index in [4.69, 9.17) is 9.47 Å². The smallest absolute Gasteiger partial charge is 0.434 e. The van der Waals surface area contributed by atoms with E-state index in [9.17, 15) is 14.4 Å². The van der Waals surface area contributed by atoms with Gasteiger partial charge in [0.1, 0.15) is 5.82 Å². The minimum absolute atomic E-state index is 0.0969. The van der Waals surface area contributed by atoms with Crippen LogP contribution < -0.4 is 15.2 Å². The number of rotatable bonds is 3. The van der Waals surface area contributed by atoms with Crippen molar-refractivity contribution in [1.29, 1.82) is 0 Å². The molecule has 4 rings (SSSR count). The van der Waals surface area contributed by atoms with Crippen LogP contribution in [0.25, 0.3) is 5.69 Å². The summed E-state index contributed by atoms with van der Waals surface area (Å²) in [6, 6.07) is 15.9. The quantitative estimate of drug-likeness (QED) is 0.638. The second-order valence-corrected chi connectivity index (χ2v) is 6.21. The summed E-state index contributed by atoms with van der Waals surface area (Å²) < 4.78 is 11.0. The van der Waals surface area contributed by atoms with Crippen LogP contribution in [0.1, 0.15) is 23.1 Å². The molecule has 146 valence electrons. The Morgan fingerprint density at radius 3 is 2.45 bits per heavy atom. The van der Waals surface area contributed by atoms with Crippen molar-refractivity contribution in [3.8, 4) is 11.4 Å². The first-order chi connectivity index (χ1) is 14.1. The molecule has 3 aromatic rings. The Bertz CT molecular complexity index is 1140. The van der Waals surface area contributed by atoms with Crippen LogP contribution >= 0.6 is 0 Å². The van der Waals surface area contributed by atoms with Gasteiger partial charge in [-0.2, -0.15) is 0 Å². The van der Waals surface area contributed by atoms with Crippen molar-refractivity contribution >= 4 is 17.7 Å². The summed E-state index contributed by atoms with van der Waals surface area (Å²) in [6.07, 6.45) is 0.196. The molecule has 0 radical (unpaired) electrons. The van der Waals surface area contributed by atoms with Gasteiger partial charge in [0.15, 0.2) is 0 Å². The molecule has 2 heterocycles. The SMILES string of the molecule is CCOC(=O)Oc1cnc2n(c1=O)-c1ccccc1N(C(=O)c1ccccc1)C2. The average Bonchev–Trinajstić information content (AvgIpc) is 2.75. The lowest BCUT2D eigenvalue weighted by Gasteiger charge is -2.31. The van der Waals surface area contributed by atoms with Crippen molar-refractivity contribution in [3.05, 3.63) is 82.5 Å². The molecule has 8 heteroatoms. The van der Waals surface area contributed by atoms with E-state index >= 15 is 0 Å². The fourth-order valence-corrected chi connectivity index (χ4v) is 3.17. The highest BCUT2D eigenvalue weighted by atomic mass is 16.7. The van der Waals surface area contributed by atoms with Gasteiger partial charge >= 0.3 is 11.7 Å². The molecule has 0 unspecified atom stereocenters. The molecule has 1 amide bonds. The predicted octanol–water partition coefficient (Wildman–Crippen LogP) is 2.93. The number of fused-ring (bicyclic) bond motifs is 3. The van der Waals surface area contributed by atoms with E-state index in [1.54, 1.807) is 60.4 Å². The lowest BCUT2D eigenvalue weighted by Crippen LogP contribution is -2.39. The van der Waals surface area contributed by atoms with Gasteiger partial charge in [-0.25, -0.2) is 9.78 Å². The zero-order valence-corrected chi connectivity index (χ0v) is 15.6. The maximum absolute atomic E-state index is 13.1. The first-order valence-electron chi connectivity index (χ1n) is 9.02. The number of nitrogens with zero attached hydrogens (tertiary/aromatic N) is 3. The van der Waals surface area contributed by atoms with Crippen LogP contribution in [-0.4, -0.2) is 28.2 Å². The van der Waals surface area contributed by atoms with Crippen LogP contribution in [0.5, 0.6) is 5.75 Å². The van der Waals surface area contributed by atoms with E-state index in [2.05, 4.69) is 4.98 Å². The summed E-state index contributed by atoms with van der Waals surface area (Å²) in [5.41, 5.74) is 1.01. The number of amides is 1. The standard InChI is InChI=1S/C21H17N3O5/c1-2-28-21(27)29-17-12-22-18-13-23(19(25)14-8-4-3-5-9-14)15-10-6-7-11-16(15)24(18)20(17)26/h3-12H,2,13H2,1H3. The van der Waals surface area contributed by atoms with Crippen LogP contribution in [0.2, 0.25) is 0 Å². The molecule has 0 atom stereocenters. The summed E-state index contributed by atoms with van der Waals surface area (Å²) in [6.45, 7) is 1.85. The molecule has 8 nitrogen and oxygen atoms in total. The van der Waals surface area contributed by atoms with Crippen molar-refractivity contribution < 1.29 is 19.1 Å². The van der Waals surface area contributed by atoms with Crippen LogP contribution in [0.3, 0.4) is 0 Å². The number of anilines is 1. The zero-order chi connectivity index (χ0) is 20.4. The molecule has 1 aliphatic rings. The second kappa shape index (κ2) is 7.59. The van der Waals surface area contributed by atoms with Gasteiger partial charge in [0.25, 0.3) is 5.91 Å². The Labute approximate surface area is 165 Å². The molecule has 0 spiro atoms. The average molecular weight is 391 g/mol. The zero-order valence-electron chi connectivity index (χ0n) is 15.6. The number of hydrogen-bond donors (Lipinski definition) is 0. The second-order valence-electron chi connectivity index (χ2n) is 6.21. The van der Waals surface area contributed by atoms with Crippen molar-refractivity contribution in [2.45, 2.75) is 13.5 Å². The molecule has 1 aliphatic heterocycles. The number of hydrogen-bond acceptors (Lipinski definition) is 6. The van der Waals surface area contributed by atoms with Crippen molar-refractivity contribution in [2.75, 3.05) is 11.5 Å². The highest BCUT2D eigenvalue weighted by Gasteiger charge is 2.29. The van der Waals surface area contributed by atoms with E-state index < -0.39 is 11.7 Å². The fraction of sp³-hybridized carbons (Fsp3) is 0.143. The molecule has 29 heavy (non-hydrogen) atoms. The van der Waals surface area contributed by atoms with Gasteiger partial charge in [-0.15, -0.1) is 0 Å². The monoisotopic (exact) mass is 391 g/mol. The van der Waals surface area contributed by atoms with Gasteiger partial charge in [-0.05, 0) is 31.2 Å². The summed E-state index contributed by atoms with van der Waals surface area (Å²) in [4.78, 5) is 43.4. The van der Waals surface area contributed by atoms with Gasteiger partial charge in [0.05, 0.1) is 30.7 Å². The van der Waals surface area contributed by atoms with E-state index in [0.29, 0.717) is 22.8 Å². The summed E-state index contributed by atoms with van der Waals surface area (Å²) in [7, 11) is 0. The molecule has 0 bridgehead atoms. The first-order valence-corrected chi connectivity index (χ1v) is 9.02. The van der Waals surface area contributed by atoms with E-state index in [-0.39, 0.29) is 24.8 Å². The molecule has 2 aromatic carbocycles. The largest absolute Gasteiger partial charge is 0.514 e. The molecule has 0 N–H and O–H groups in total. The van der Waals surface area contributed by atoms with E-state index in [1.807, 2.05) is 6.07 Å². The van der Waals surface area contributed by atoms with Crippen molar-refractivity contribution in [1.82, 2.24) is 9.55 Å². The van der Waals surface area contributed by atoms with Gasteiger partial charge < -0.3 is 9.47 Å². The molecule has 0 saturated carbocycles. The Morgan fingerprint density at radius 1 is 1.03 bits per heavy atom. The highest BCUT2D eigenvalue weighted by Crippen LogP contribution is 2.31. The van der Waals surface area contributed by atoms with Gasteiger partial charge in [-0.1, -0.05) is 30.3 Å². The number of para-hydroxylation sites is 2. The topological polar surface area (TPSA) is 90.7 Å². The van der Waals surface area contributed by atoms with Crippen LogP contribution in [0.15, 0.2) is 65.6 Å². The third kappa shape index (κ3) is 3.36. The molecule has 0 saturated heterocycles. The third-order valence-electron chi connectivity index (χ3n) is 4.44. The highest BCUT2D eigenvalue weighted by molar-refractivity contribution is 6.07. The van der Waals surface area contributed by atoms with Crippen LogP contribution in [-0.2, 0) is 11.3 Å². The van der Waals surface area contributed by atoms with Gasteiger partial charge in [0.2, 0.25) is 5.75 Å². The van der Waals surface area contributed by atoms with E-state index in [0.717, 1.165) is 0 Å². The maximum atomic E-state index is 13.1. The molecule has 0 aliphatic carbocycles. The summed E-state index contributed by atoms with van der Waals surface area (Å²) in [5, 5.41) is 0. The number of ether oxygens (including phenoxy) is 2. The van der Waals surface area contributed by atoms with Crippen molar-refractivity contribution in [3.63, 3.8) is 0 Å². The lowest BCUT2D eigenvalue weighted by molar-refractivity contribution is 0.0983. The normalized spacial score (nSPS) is 12.0. The minimum Gasteiger partial charge on any atom is -0.434 e. The lowest BCUT2D eigenvalue weighted by atomic mass is 10.1. The minimum atomic E-state index is -0.975. The number of aromatic nitrogens is 2. The Balaban J connectivity index is 1.78. The van der Waals surface area contributed by atoms with E-state index in [1.165, 1.54) is 10.8 Å². The van der Waals surface area contributed by atoms with Crippen LogP contribution in [0, 0.1) is 0 Å². The molecule has 1 aromatic heterocycles. The Kier molecular flexibility index (Phi) is 4.82.